The Morgan fingerprint density at radius 2 is 2.15 bits per heavy atom. The smallest absolute Gasteiger partial charge is 0.0639 e. The fraction of sp³-hybridized carbons (Fsp3) is 1.00. The Morgan fingerprint density at radius 1 is 1.38 bits per heavy atom. The van der Waals surface area contributed by atoms with Crippen molar-refractivity contribution >= 4 is 0 Å². The molecule has 0 aromatic rings. The zero-order valence-corrected chi connectivity index (χ0v) is 9.00. The predicted molar refractivity (Wildman–Crippen MR) is 55.8 cm³/mol. The molecule has 1 N–H and O–H groups in total. The molecule has 0 aromatic heterocycles. The predicted octanol–water partition coefficient (Wildman–Crippen LogP) is 2.02. The maximum Gasteiger partial charge on any atom is 0.0639 e. The van der Waals surface area contributed by atoms with Gasteiger partial charge in [-0.15, -0.1) is 0 Å². The van der Waals surface area contributed by atoms with E-state index in [-0.39, 0.29) is 6.10 Å². The lowest BCUT2D eigenvalue weighted by molar-refractivity contribution is 0.0977. The Hall–Kier alpha value is -0.0800. The lowest BCUT2D eigenvalue weighted by Gasteiger charge is -2.29. The molecule has 0 aromatic carbocycles. The molecule has 1 heterocycles. The second-order valence-corrected chi connectivity index (χ2v) is 4.26. The van der Waals surface area contributed by atoms with Gasteiger partial charge in [-0.1, -0.05) is 19.8 Å². The lowest BCUT2D eigenvalue weighted by Crippen LogP contribution is -2.39. The number of aliphatic hydroxyl groups excluding tert-OH is 1. The van der Waals surface area contributed by atoms with Crippen LogP contribution in [0, 0.1) is 0 Å². The van der Waals surface area contributed by atoms with Crippen LogP contribution in [-0.2, 0) is 0 Å². The topological polar surface area (TPSA) is 23.5 Å². The molecule has 2 heteroatoms. The molecule has 2 atom stereocenters. The molecule has 13 heavy (non-hydrogen) atoms. The van der Waals surface area contributed by atoms with Crippen molar-refractivity contribution in [3.8, 4) is 0 Å². The Labute approximate surface area is 81.9 Å². The fourth-order valence-electron chi connectivity index (χ4n) is 2.28. The van der Waals surface area contributed by atoms with Crippen LogP contribution in [0.3, 0.4) is 0 Å². The Bertz CT molecular complexity index is 136. The third-order valence-electron chi connectivity index (χ3n) is 2.97. The minimum absolute atomic E-state index is 0.174. The van der Waals surface area contributed by atoms with E-state index in [0.29, 0.717) is 0 Å². The maximum absolute atomic E-state index is 9.37. The quantitative estimate of drug-likeness (QED) is 0.727. The highest BCUT2D eigenvalue weighted by Crippen LogP contribution is 2.18. The van der Waals surface area contributed by atoms with Crippen LogP contribution in [0.25, 0.3) is 0 Å². The standard InChI is InChI=1S/C11H23NO/c1-3-11-7-5-4-6-8-12(11)9-10(2)13/h10-11,13H,3-9H2,1-2H3. The number of likely N-dealkylation sites (tertiary alicyclic amines) is 1. The van der Waals surface area contributed by atoms with E-state index in [1.807, 2.05) is 6.92 Å². The van der Waals surface area contributed by atoms with Crippen molar-refractivity contribution in [3.05, 3.63) is 0 Å². The molecule has 1 aliphatic rings. The van der Waals surface area contributed by atoms with Crippen molar-refractivity contribution < 1.29 is 5.11 Å². The number of aliphatic hydroxyl groups is 1. The van der Waals surface area contributed by atoms with Gasteiger partial charge < -0.3 is 5.11 Å². The van der Waals surface area contributed by atoms with Crippen molar-refractivity contribution in [2.75, 3.05) is 13.1 Å². The van der Waals surface area contributed by atoms with Gasteiger partial charge in [0.2, 0.25) is 0 Å². The van der Waals surface area contributed by atoms with E-state index in [2.05, 4.69) is 11.8 Å². The summed E-state index contributed by atoms with van der Waals surface area (Å²) in [5.74, 6) is 0. The molecular weight excluding hydrogens is 162 g/mol. The first-order valence-corrected chi connectivity index (χ1v) is 5.66. The Morgan fingerprint density at radius 3 is 2.77 bits per heavy atom. The van der Waals surface area contributed by atoms with Crippen LogP contribution in [0.15, 0.2) is 0 Å². The van der Waals surface area contributed by atoms with E-state index in [0.717, 1.165) is 12.6 Å². The average Bonchev–Trinajstić information content (AvgIpc) is 2.28. The molecule has 0 radical (unpaired) electrons. The van der Waals surface area contributed by atoms with Crippen molar-refractivity contribution in [2.45, 2.75) is 58.1 Å². The van der Waals surface area contributed by atoms with E-state index in [1.165, 1.54) is 38.6 Å². The summed E-state index contributed by atoms with van der Waals surface area (Å²) in [6.45, 7) is 6.19. The highest BCUT2D eigenvalue weighted by Gasteiger charge is 2.19. The molecule has 1 fully saturated rings. The minimum Gasteiger partial charge on any atom is -0.392 e. The third-order valence-corrected chi connectivity index (χ3v) is 2.97. The normalized spacial score (nSPS) is 28.4. The molecule has 0 saturated carbocycles. The van der Waals surface area contributed by atoms with E-state index in [9.17, 15) is 5.11 Å². The van der Waals surface area contributed by atoms with E-state index in [4.69, 9.17) is 0 Å². The zero-order chi connectivity index (χ0) is 9.68. The minimum atomic E-state index is -0.174. The molecule has 0 spiro atoms. The molecule has 1 saturated heterocycles. The second kappa shape index (κ2) is 5.61. The van der Waals surface area contributed by atoms with Crippen LogP contribution in [0.2, 0.25) is 0 Å². The van der Waals surface area contributed by atoms with Gasteiger partial charge >= 0.3 is 0 Å². The fourth-order valence-corrected chi connectivity index (χ4v) is 2.28. The van der Waals surface area contributed by atoms with Gasteiger partial charge in [-0.3, -0.25) is 4.90 Å². The van der Waals surface area contributed by atoms with E-state index in [1.54, 1.807) is 0 Å². The number of β-amino-alcohol motifs (C(OH)–C–C–N with tert-alkyl or cyclic N) is 1. The average molecular weight is 185 g/mol. The Kier molecular flexibility index (Phi) is 4.74. The Balaban J connectivity index is 2.44. The molecule has 0 bridgehead atoms. The highest BCUT2D eigenvalue weighted by molar-refractivity contribution is 4.75. The molecule has 0 amide bonds. The van der Waals surface area contributed by atoms with Gasteiger partial charge in [-0.25, -0.2) is 0 Å². The van der Waals surface area contributed by atoms with Crippen LogP contribution in [0.4, 0.5) is 0 Å². The van der Waals surface area contributed by atoms with Crippen LogP contribution >= 0.6 is 0 Å². The molecule has 78 valence electrons. The second-order valence-electron chi connectivity index (χ2n) is 4.26. The highest BCUT2D eigenvalue weighted by atomic mass is 16.3. The lowest BCUT2D eigenvalue weighted by atomic mass is 10.1. The van der Waals surface area contributed by atoms with Crippen LogP contribution < -0.4 is 0 Å². The van der Waals surface area contributed by atoms with Gasteiger partial charge in [-0.2, -0.15) is 0 Å². The van der Waals surface area contributed by atoms with Crippen molar-refractivity contribution in [2.24, 2.45) is 0 Å². The molecule has 2 unspecified atom stereocenters. The summed E-state index contributed by atoms with van der Waals surface area (Å²) in [6.07, 6.45) is 6.42. The van der Waals surface area contributed by atoms with E-state index >= 15 is 0 Å². The first kappa shape index (κ1) is 11.0. The third kappa shape index (κ3) is 3.65. The van der Waals surface area contributed by atoms with Gasteiger partial charge in [0.05, 0.1) is 6.10 Å². The summed E-state index contributed by atoms with van der Waals surface area (Å²) in [5.41, 5.74) is 0. The van der Waals surface area contributed by atoms with Crippen molar-refractivity contribution in [1.29, 1.82) is 0 Å². The SMILES string of the molecule is CCC1CCCCCN1CC(C)O. The summed E-state index contributed by atoms with van der Waals surface area (Å²) in [7, 11) is 0. The number of nitrogens with zero attached hydrogens (tertiary/aromatic N) is 1. The van der Waals surface area contributed by atoms with Gasteiger partial charge in [0.1, 0.15) is 0 Å². The summed E-state index contributed by atoms with van der Waals surface area (Å²) in [4.78, 5) is 2.47. The number of rotatable bonds is 3. The van der Waals surface area contributed by atoms with Gasteiger partial charge in [0, 0.05) is 12.6 Å². The van der Waals surface area contributed by atoms with E-state index < -0.39 is 0 Å². The first-order valence-electron chi connectivity index (χ1n) is 5.66. The summed E-state index contributed by atoms with van der Waals surface area (Å²) in [5, 5.41) is 9.37. The summed E-state index contributed by atoms with van der Waals surface area (Å²) >= 11 is 0. The monoisotopic (exact) mass is 185 g/mol. The molecule has 2 nitrogen and oxygen atoms in total. The maximum atomic E-state index is 9.37. The van der Waals surface area contributed by atoms with Gasteiger partial charge in [0.25, 0.3) is 0 Å². The molecule has 1 aliphatic heterocycles. The molecule has 1 rings (SSSR count). The molecular formula is C11H23NO. The summed E-state index contributed by atoms with van der Waals surface area (Å²) in [6, 6.07) is 0.720. The zero-order valence-electron chi connectivity index (χ0n) is 9.00. The van der Waals surface area contributed by atoms with Gasteiger partial charge in [-0.05, 0) is 32.7 Å². The van der Waals surface area contributed by atoms with Crippen molar-refractivity contribution in [3.63, 3.8) is 0 Å². The van der Waals surface area contributed by atoms with Crippen LogP contribution in [0.5, 0.6) is 0 Å². The summed E-state index contributed by atoms with van der Waals surface area (Å²) < 4.78 is 0. The van der Waals surface area contributed by atoms with Crippen LogP contribution in [0.1, 0.15) is 46.0 Å². The van der Waals surface area contributed by atoms with Crippen LogP contribution in [-0.4, -0.2) is 35.2 Å². The van der Waals surface area contributed by atoms with Gasteiger partial charge in [0.15, 0.2) is 0 Å². The first-order chi connectivity index (χ1) is 6.24. The van der Waals surface area contributed by atoms with Crippen molar-refractivity contribution in [1.82, 2.24) is 4.90 Å². The number of hydrogen-bond acceptors (Lipinski definition) is 2. The molecule has 0 aliphatic carbocycles. The largest absolute Gasteiger partial charge is 0.392 e. The number of hydrogen-bond donors (Lipinski definition) is 1.